The number of primary amides is 1. The molecule has 1 aromatic carbocycles. The third-order valence-electron chi connectivity index (χ3n) is 9.42. The number of ether oxygens (including phenoxy) is 2. The van der Waals surface area contributed by atoms with Crippen LogP contribution in [0.15, 0.2) is 42.7 Å². The van der Waals surface area contributed by atoms with Gasteiger partial charge in [0.1, 0.15) is 29.3 Å². The highest BCUT2D eigenvalue weighted by molar-refractivity contribution is 6.31. The lowest BCUT2D eigenvalue weighted by Gasteiger charge is -2.34. The Bertz CT molecular complexity index is 1820. The molecule has 0 unspecified atom stereocenters. The van der Waals surface area contributed by atoms with Gasteiger partial charge < -0.3 is 24.9 Å². The highest BCUT2D eigenvalue weighted by Gasteiger charge is 2.45. The Labute approximate surface area is 258 Å². The molecule has 44 heavy (non-hydrogen) atoms. The van der Waals surface area contributed by atoms with E-state index in [1.165, 1.54) is 12.1 Å². The number of fused-ring (bicyclic) bond motifs is 2. The average Bonchev–Trinajstić information content (AvgIpc) is 3.66. The molecule has 11 heteroatoms. The predicted octanol–water partition coefficient (Wildman–Crippen LogP) is 5.52. The summed E-state index contributed by atoms with van der Waals surface area (Å²) < 4.78 is 27.5. The molecule has 228 valence electrons. The van der Waals surface area contributed by atoms with E-state index in [-0.39, 0.29) is 29.4 Å². The first-order valence-corrected chi connectivity index (χ1v) is 15.3. The quantitative estimate of drug-likeness (QED) is 0.255. The van der Waals surface area contributed by atoms with Gasteiger partial charge in [-0.15, -0.1) is 0 Å². The van der Waals surface area contributed by atoms with Crippen molar-refractivity contribution in [2.45, 2.75) is 56.3 Å². The molecule has 2 atom stereocenters. The molecule has 0 bridgehead atoms. The highest BCUT2D eigenvalue weighted by atomic mass is 35.5. The number of carbonyl (C=O) groups excluding carboxylic acids is 2. The Morgan fingerprint density at radius 2 is 2.00 bits per heavy atom. The Morgan fingerprint density at radius 1 is 1.20 bits per heavy atom. The van der Waals surface area contributed by atoms with Crippen LogP contribution >= 0.6 is 11.6 Å². The SMILES string of the molecule is COc1cc(C(=O)NC[C@H](c2cc3c(c(-c4ccc(F)c(Cl)c4)n2)OC[C@]3(C)C(N)=O)C2CCC2)cn2cc(C3CC3)nc12. The summed E-state index contributed by atoms with van der Waals surface area (Å²) in [6.07, 6.45) is 9.06. The number of methoxy groups -OCH3 is 1. The number of pyridine rings is 2. The molecule has 4 aromatic rings. The van der Waals surface area contributed by atoms with Crippen LogP contribution in [0, 0.1) is 11.7 Å². The van der Waals surface area contributed by atoms with Crippen LogP contribution in [0.3, 0.4) is 0 Å². The molecule has 0 spiro atoms. The molecule has 2 fully saturated rings. The Hall–Kier alpha value is -4.18. The van der Waals surface area contributed by atoms with Gasteiger partial charge >= 0.3 is 0 Å². The van der Waals surface area contributed by atoms with Gasteiger partial charge in [0.2, 0.25) is 5.91 Å². The first-order chi connectivity index (χ1) is 21.2. The third kappa shape index (κ3) is 4.85. The maximum atomic E-state index is 14.1. The second kappa shape index (κ2) is 10.8. The minimum absolute atomic E-state index is 0.0449. The van der Waals surface area contributed by atoms with E-state index in [9.17, 15) is 14.0 Å². The monoisotopic (exact) mass is 617 g/mol. The zero-order valence-corrected chi connectivity index (χ0v) is 25.3. The van der Waals surface area contributed by atoms with Gasteiger partial charge in [0, 0.05) is 47.6 Å². The fourth-order valence-corrected chi connectivity index (χ4v) is 6.41. The fourth-order valence-electron chi connectivity index (χ4n) is 6.23. The molecule has 2 saturated carbocycles. The van der Waals surface area contributed by atoms with Crippen molar-refractivity contribution in [2.24, 2.45) is 11.7 Å². The van der Waals surface area contributed by atoms with Crippen molar-refractivity contribution in [2.75, 3.05) is 20.3 Å². The van der Waals surface area contributed by atoms with Gasteiger partial charge in [0.15, 0.2) is 11.4 Å². The van der Waals surface area contributed by atoms with Crippen molar-refractivity contribution >= 4 is 29.1 Å². The van der Waals surface area contributed by atoms with E-state index in [0.717, 1.165) is 37.8 Å². The zero-order valence-electron chi connectivity index (χ0n) is 24.5. The number of aromatic nitrogens is 3. The molecule has 2 amide bonds. The maximum Gasteiger partial charge on any atom is 0.252 e. The van der Waals surface area contributed by atoms with Crippen LogP contribution in [0.1, 0.15) is 78.2 Å². The van der Waals surface area contributed by atoms with Crippen LogP contribution in [-0.2, 0) is 10.2 Å². The van der Waals surface area contributed by atoms with E-state index in [1.807, 2.05) is 16.7 Å². The molecular weight excluding hydrogens is 585 g/mol. The van der Waals surface area contributed by atoms with Gasteiger partial charge in [-0.3, -0.25) is 9.59 Å². The van der Waals surface area contributed by atoms with Crippen LogP contribution in [0.4, 0.5) is 4.39 Å². The molecule has 2 aliphatic carbocycles. The second-order valence-electron chi connectivity index (χ2n) is 12.4. The molecule has 0 saturated heterocycles. The van der Waals surface area contributed by atoms with Gasteiger partial charge in [-0.2, -0.15) is 0 Å². The van der Waals surface area contributed by atoms with Crippen LogP contribution in [-0.4, -0.2) is 46.4 Å². The summed E-state index contributed by atoms with van der Waals surface area (Å²) in [5, 5.41) is 3.08. The number of nitrogens with two attached hydrogens (primary N) is 1. The number of hydrogen-bond donors (Lipinski definition) is 2. The number of rotatable bonds is 9. The van der Waals surface area contributed by atoms with Crippen molar-refractivity contribution in [1.29, 1.82) is 0 Å². The first kappa shape index (κ1) is 28.6. The lowest BCUT2D eigenvalue weighted by Crippen LogP contribution is -2.40. The van der Waals surface area contributed by atoms with Crippen molar-refractivity contribution < 1.29 is 23.5 Å². The lowest BCUT2D eigenvalue weighted by atomic mass is 9.73. The lowest BCUT2D eigenvalue weighted by molar-refractivity contribution is -0.123. The van der Waals surface area contributed by atoms with E-state index < -0.39 is 17.1 Å². The molecule has 3 aromatic heterocycles. The molecule has 1 aliphatic heterocycles. The molecular formula is C33H33ClFN5O4. The van der Waals surface area contributed by atoms with Crippen molar-refractivity contribution in [3.05, 3.63) is 76.1 Å². The number of imidazole rings is 1. The first-order valence-electron chi connectivity index (χ1n) is 14.9. The van der Waals surface area contributed by atoms with Gasteiger partial charge in [0.05, 0.1) is 23.4 Å². The molecule has 9 nitrogen and oxygen atoms in total. The van der Waals surface area contributed by atoms with Gasteiger partial charge in [-0.25, -0.2) is 14.4 Å². The summed E-state index contributed by atoms with van der Waals surface area (Å²) in [6, 6.07) is 7.97. The maximum absolute atomic E-state index is 14.1. The number of benzene rings is 1. The number of carbonyl (C=O) groups is 2. The molecule has 3 aliphatic rings. The molecule has 4 heterocycles. The number of hydrogen-bond acceptors (Lipinski definition) is 6. The van der Waals surface area contributed by atoms with Gasteiger partial charge in [0.25, 0.3) is 5.91 Å². The molecule has 7 rings (SSSR count). The van der Waals surface area contributed by atoms with E-state index in [0.29, 0.717) is 57.7 Å². The summed E-state index contributed by atoms with van der Waals surface area (Å²) in [4.78, 5) is 36.0. The zero-order chi connectivity index (χ0) is 30.7. The Balaban J connectivity index is 1.24. The van der Waals surface area contributed by atoms with E-state index in [2.05, 4.69) is 5.32 Å². The van der Waals surface area contributed by atoms with Crippen molar-refractivity contribution in [3.8, 4) is 22.8 Å². The number of nitrogens with zero attached hydrogens (tertiary/aromatic N) is 3. The smallest absolute Gasteiger partial charge is 0.252 e. The van der Waals surface area contributed by atoms with Gasteiger partial charge in [-0.1, -0.05) is 18.0 Å². The Morgan fingerprint density at radius 3 is 2.66 bits per heavy atom. The number of nitrogens with one attached hydrogen (secondary N) is 1. The van der Waals surface area contributed by atoms with Crippen LogP contribution < -0.4 is 20.5 Å². The summed E-state index contributed by atoms with van der Waals surface area (Å²) in [5.41, 5.74) is 9.31. The van der Waals surface area contributed by atoms with Gasteiger partial charge in [-0.05, 0) is 68.9 Å². The van der Waals surface area contributed by atoms with E-state index in [4.69, 9.17) is 36.8 Å². The summed E-state index contributed by atoms with van der Waals surface area (Å²) in [5.74, 6) is 0.263. The standard InChI is InChI=1S/C33H33ClFN5O4/c1-33(32(36)42)16-44-29-22(33)12-25(38-28(29)19-8-9-24(35)23(34)10-19)21(17-4-3-5-17)13-37-31(41)20-11-27(43-2)30-39-26(18-6-7-18)15-40(30)14-20/h8-12,14-15,17-18,21H,3-7,13,16H2,1-2H3,(H2,36,42)(H,37,41)/t21-,33-/m0/s1. The molecule has 0 radical (unpaired) electrons. The predicted molar refractivity (Wildman–Crippen MR) is 163 cm³/mol. The second-order valence-corrected chi connectivity index (χ2v) is 12.8. The van der Waals surface area contributed by atoms with Crippen molar-refractivity contribution in [1.82, 2.24) is 19.7 Å². The van der Waals surface area contributed by atoms with Crippen LogP contribution in [0.2, 0.25) is 5.02 Å². The largest absolute Gasteiger partial charge is 0.493 e. The van der Waals surface area contributed by atoms with Crippen LogP contribution in [0.25, 0.3) is 16.9 Å². The normalized spacial score (nSPS) is 20.1. The summed E-state index contributed by atoms with van der Waals surface area (Å²) in [6.45, 7) is 2.14. The minimum atomic E-state index is -1.07. The number of amides is 2. The van der Waals surface area contributed by atoms with Crippen molar-refractivity contribution in [3.63, 3.8) is 0 Å². The Kier molecular flexibility index (Phi) is 6.99. The third-order valence-corrected chi connectivity index (χ3v) is 9.71. The summed E-state index contributed by atoms with van der Waals surface area (Å²) >= 11 is 6.15. The highest BCUT2D eigenvalue weighted by Crippen LogP contribution is 2.47. The average molecular weight is 618 g/mol. The van der Waals surface area contributed by atoms with E-state index >= 15 is 0 Å². The molecule has 3 N–H and O–H groups in total. The van der Waals surface area contributed by atoms with Crippen LogP contribution in [0.5, 0.6) is 11.5 Å². The topological polar surface area (TPSA) is 121 Å². The fraction of sp³-hybridized carbons (Fsp3) is 0.394. The minimum Gasteiger partial charge on any atom is -0.493 e. The van der Waals surface area contributed by atoms with E-state index in [1.54, 1.807) is 32.4 Å². The summed E-state index contributed by atoms with van der Waals surface area (Å²) in [7, 11) is 1.57. The number of halogens is 2.